The Hall–Kier alpha value is -1.33. The number of nitrogens with two attached hydrogens (primary N) is 1. The molecule has 0 aliphatic rings. The van der Waals surface area contributed by atoms with Gasteiger partial charge >= 0.3 is 0 Å². The minimum atomic E-state index is -0.148. The van der Waals surface area contributed by atoms with Gasteiger partial charge in [0.15, 0.2) is 0 Å². The van der Waals surface area contributed by atoms with Crippen molar-refractivity contribution in [3.8, 4) is 0 Å². The lowest BCUT2D eigenvalue weighted by atomic mass is 9.95. The molecule has 0 saturated heterocycles. The van der Waals surface area contributed by atoms with Gasteiger partial charge in [0.2, 0.25) is 0 Å². The number of nitrogen functional groups attached to an aromatic ring is 1. The average molecular weight is 309 g/mol. The molecule has 0 aliphatic heterocycles. The number of anilines is 1. The Bertz CT molecular complexity index is 620. The topological polar surface area (TPSA) is 64.7 Å². The number of rotatable bonds is 2. The highest BCUT2D eigenvalue weighted by atomic mass is 35.5. The summed E-state index contributed by atoms with van der Waals surface area (Å²) < 4.78 is 0. The van der Waals surface area contributed by atoms with Crippen LogP contribution in [0.3, 0.4) is 0 Å². The van der Waals surface area contributed by atoms with E-state index in [0.717, 1.165) is 21.4 Å². The first-order valence-corrected chi connectivity index (χ1v) is 7.41. The zero-order valence-electron chi connectivity index (χ0n) is 11.9. The van der Waals surface area contributed by atoms with Crippen molar-refractivity contribution >= 4 is 29.2 Å². The molecule has 6 heteroatoms. The van der Waals surface area contributed by atoms with E-state index in [4.69, 9.17) is 17.3 Å². The van der Waals surface area contributed by atoms with Gasteiger partial charge in [-0.3, -0.25) is 0 Å². The van der Waals surface area contributed by atoms with Crippen LogP contribution in [-0.2, 0) is 5.41 Å². The number of aromatic nitrogens is 3. The summed E-state index contributed by atoms with van der Waals surface area (Å²) in [6, 6.07) is 3.67. The Morgan fingerprint density at radius 2 is 1.90 bits per heavy atom. The Balaban J connectivity index is 2.40. The quantitative estimate of drug-likeness (QED) is 0.853. The Kier molecular flexibility index (Phi) is 4.20. The van der Waals surface area contributed by atoms with Crippen molar-refractivity contribution in [1.82, 2.24) is 15.0 Å². The van der Waals surface area contributed by atoms with Gasteiger partial charge in [0.1, 0.15) is 21.7 Å². The number of pyridine rings is 1. The van der Waals surface area contributed by atoms with E-state index in [-0.39, 0.29) is 5.41 Å². The zero-order chi connectivity index (χ0) is 14.9. The number of halogens is 1. The van der Waals surface area contributed by atoms with Gasteiger partial charge in [-0.2, -0.15) is 0 Å². The largest absolute Gasteiger partial charge is 0.383 e. The van der Waals surface area contributed by atoms with Crippen LogP contribution in [0, 0.1) is 6.92 Å². The van der Waals surface area contributed by atoms with E-state index >= 15 is 0 Å². The van der Waals surface area contributed by atoms with E-state index in [1.165, 1.54) is 11.8 Å². The van der Waals surface area contributed by atoms with Crippen molar-refractivity contribution in [3.05, 3.63) is 34.7 Å². The highest BCUT2D eigenvalue weighted by Crippen LogP contribution is 2.31. The van der Waals surface area contributed by atoms with Crippen LogP contribution in [0.1, 0.15) is 32.2 Å². The summed E-state index contributed by atoms with van der Waals surface area (Å²) in [5, 5.41) is 2.27. The minimum Gasteiger partial charge on any atom is -0.383 e. The molecule has 0 aliphatic carbocycles. The lowest BCUT2D eigenvalue weighted by Gasteiger charge is -2.19. The fraction of sp³-hybridized carbons (Fsp3) is 0.357. The van der Waals surface area contributed by atoms with E-state index in [9.17, 15) is 0 Å². The van der Waals surface area contributed by atoms with Gasteiger partial charge in [0.25, 0.3) is 0 Å². The van der Waals surface area contributed by atoms with Crippen LogP contribution in [0.4, 0.5) is 5.82 Å². The number of hydrogen-bond donors (Lipinski definition) is 1. The third kappa shape index (κ3) is 3.41. The summed E-state index contributed by atoms with van der Waals surface area (Å²) in [4.78, 5) is 13.3. The fourth-order valence-corrected chi connectivity index (χ4v) is 2.41. The maximum Gasteiger partial charge on any atom is 0.137 e. The molecule has 2 heterocycles. The van der Waals surface area contributed by atoms with Gasteiger partial charge < -0.3 is 5.73 Å². The molecule has 2 N–H and O–H groups in total. The molecule has 0 spiro atoms. The third-order valence-electron chi connectivity index (χ3n) is 2.71. The van der Waals surface area contributed by atoms with Crippen LogP contribution < -0.4 is 5.73 Å². The molecule has 106 valence electrons. The number of nitrogens with zero attached hydrogens (tertiary/aromatic N) is 3. The summed E-state index contributed by atoms with van der Waals surface area (Å²) in [5.41, 5.74) is 6.72. The lowest BCUT2D eigenvalue weighted by Crippen LogP contribution is -2.18. The summed E-state index contributed by atoms with van der Waals surface area (Å²) in [5.74, 6) is 1.25. The maximum absolute atomic E-state index is 5.99. The summed E-state index contributed by atoms with van der Waals surface area (Å²) in [7, 11) is 0. The van der Waals surface area contributed by atoms with Crippen molar-refractivity contribution < 1.29 is 0 Å². The molecule has 0 amide bonds. The predicted molar refractivity (Wildman–Crippen MR) is 83.3 cm³/mol. The van der Waals surface area contributed by atoms with Crippen LogP contribution in [0.25, 0.3) is 0 Å². The molecule has 0 aromatic carbocycles. The molecule has 2 aromatic rings. The molecule has 0 fully saturated rings. The average Bonchev–Trinajstić information content (AvgIpc) is 2.36. The van der Waals surface area contributed by atoms with Crippen molar-refractivity contribution in [1.29, 1.82) is 0 Å². The molecule has 20 heavy (non-hydrogen) atoms. The molecule has 0 atom stereocenters. The molecule has 0 unspecified atom stereocenters. The van der Waals surface area contributed by atoms with E-state index < -0.39 is 0 Å². The molecule has 4 nitrogen and oxygen atoms in total. The van der Waals surface area contributed by atoms with E-state index in [2.05, 4.69) is 35.7 Å². The Morgan fingerprint density at radius 3 is 2.45 bits per heavy atom. The normalized spacial score (nSPS) is 11.7. The van der Waals surface area contributed by atoms with Gasteiger partial charge in [0.05, 0.1) is 5.02 Å². The highest BCUT2D eigenvalue weighted by Gasteiger charge is 2.20. The molecular formula is C14H17ClN4S. The first kappa shape index (κ1) is 15.1. The number of hydrogen-bond acceptors (Lipinski definition) is 5. The van der Waals surface area contributed by atoms with Crippen molar-refractivity contribution in [3.63, 3.8) is 0 Å². The third-order valence-corrected chi connectivity index (χ3v) is 3.98. The molecule has 2 aromatic heterocycles. The SMILES string of the molecule is Cc1c(N)nc(C(C)(C)C)nc1Sc1ccc(Cl)cn1. The van der Waals surface area contributed by atoms with Gasteiger partial charge in [-0.15, -0.1) is 0 Å². The van der Waals surface area contributed by atoms with Gasteiger partial charge in [-0.05, 0) is 30.8 Å². The monoisotopic (exact) mass is 308 g/mol. The van der Waals surface area contributed by atoms with Crippen LogP contribution >= 0.6 is 23.4 Å². The standard InChI is InChI=1S/C14H17ClN4S/c1-8-11(16)18-13(14(2,3)4)19-12(8)20-10-6-5-9(15)7-17-10/h5-7H,1-4H3,(H2,16,18,19). The van der Waals surface area contributed by atoms with Gasteiger partial charge in [-0.1, -0.05) is 32.4 Å². The second kappa shape index (κ2) is 5.58. The molecule has 0 saturated carbocycles. The predicted octanol–water partition coefficient (Wildman–Crippen LogP) is 3.86. The van der Waals surface area contributed by atoms with Crippen LogP contribution in [-0.4, -0.2) is 15.0 Å². The first-order valence-electron chi connectivity index (χ1n) is 6.21. The van der Waals surface area contributed by atoms with Crippen LogP contribution in [0.2, 0.25) is 5.02 Å². The van der Waals surface area contributed by atoms with Crippen LogP contribution in [0.15, 0.2) is 28.4 Å². The summed E-state index contributed by atoms with van der Waals surface area (Å²) >= 11 is 7.31. The van der Waals surface area contributed by atoms with Crippen molar-refractivity contribution in [2.24, 2.45) is 0 Å². The lowest BCUT2D eigenvalue weighted by molar-refractivity contribution is 0.538. The first-order chi connectivity index (χ1) is 9.27. The van der Waals surface area contributed by atoms with E-state index in [1.807, 2.05) is 13.0 Å². The van der Waals surface area contributed by atoms with Crippen molar-refractivity contribution in [2.75, 3.05) is 5.73 Å². The summed E-state index contributed by atoms with van der Waals surface area (Å²) in [6.45, 7) is 8.10. The minimum absolute atomic E-state index is 0.148. The maximum atomic E-state index is 5.99. The molecular weight excluding hydrogens is 292 g/mol. The van der Waals surface area contributed by atoms with E-state index in [0.29, 0.717) is 10.8 Å². The second-order valence-corrected chi connectivity index (χ2v) is 6.97. The fourth-order valence-electron chi connectivity index (χ4n) is 1.47. The summed E-state index contributed by atoms with van der Waals surface area (Å²) in [6.07, 6.45) is 1.62. The van der Waals surface area contributed by atoms with Gasteiger partial charge in [0, 0.05) is 17.2 Å². The molecule has 2 rings (SSSR count). The smallest absolute Gasteiger partial charge is 0.137 e. The van der Waals surface area contributed by atoms with Crippen molar-refractivity contribution in [2.45, 2.75) is 43.2 Å². The molecule has 0 bridgehead atoms. The zero-order valence-corrected chi connectivity index (χ0v) is 13.5. The van der Waals surface area contributed by atoms with Gasteiger partial charge in [-0.25, -0.2) is 15.0 Å². The Labute approximate surface area is 128 Å². The van der Waals surface area contributed by atoms with Crippen LogP contribution in [0.5, 0.6) is 0 Å². The highest BCUT2D eigenvalue weighted by molar-refractivity contribution is 7.99. The Morgan fingerprint density at radius 1 is 1.20 bits per heavy atom. The second-order valence-electron chi connectivity index (χ2n) is 5.53. The molecule has 0 radical (unpaired) electrons. The van der Waals surface area contributed by atoms with E-state index in [1.54, 1.807) is 12.3 Å².